The Balaban J connectivity index is 1.42. The van der Waals surface area contributed by atoms with Crippen LogP contribution in [0, 0.1) is 0 Å². The molecule has 1 amide bonds. The Kier molecular flexibility index (Phi) is 11.7. The maximum Gasteiger partial charge on any atom is 0.335 e. The number of carbonyl (C=O) groups excluding carboxylic acids is 2. The van der Waals surface area contributed by atoms with E-state index in [1.165, 1.54) is 6.42 Å². The van der Waals surface area contributed by atoms with Gasteiger partial charge in [-0.2, -0.15) is 0 Å². The van der Waals surface area contributed by atoms with Crippen molar-refractivity contribution >= 4 is 28.9 Å². The van der Waals surface area contributed by atoms with Crippen LogP contribution in [-0.2, 0) is 23.8 Å². The summed E-state index contributed by atoms with van der Waals surface area (Å²) in [5.74, 6) is -1.13. The van der Waals surface area contributed by atoms with Gasteiger partial charge in [-0.25, -0.2) is 14.6 Å². The molecule has 11 heteroatoms. The molecule has 0 aliphatic heterocycles. The summed E-state index contributed by atoms with van der Waals surface area (Å²) in [5, 5.41) is 12.6. The number of furan rings is 1. The largest absolute Gasteiger partial charge is 0.480 e. The highest BCUT2D eigenvalue weighted by molar-refractivity contribution is 5.99. The first kappa shape index (κ1) is 33.3. The smallest absolute Gasteiger partial charge is 0.335 e. The Morgan fingerprint density at radius 1 is 1.18 bits per heavy atom. The van der Waals surface area contributed by atoms with Gasteiger partial charge in [0.05, 0.1) is 29.5 Å². The van der Waals surface area contributed by atoms with Crippen molar-refractivity contribution in [3.05, 3.63) is 78.5 Å². The van der Waals surface area contributed by atoms with E-state index in [2.05, 4.69) is 16.5 Å². The van der Waals surface area contributed by atoms with Gasteiger partial charge in [0.15, 0.2) is 12.9 Å². The number of esters is 1. The lowest BCUT2D eigenvalue weighted by molar-refractivity contribution is -0.162. The van der Waals surface area contributed by atoms with E-state index in [1.54, 1.807) is 63.7 Å². The molecular formula is C34H41N3O8. The second kappa shape index (κ2) is 15.9. The van der Waals surface area contributed by atoms with E-state index >= 15 is 0 Å². The van der Waals surface area contributed by atoms with Crippen molar-refractivity contribution in [3.8, 4) is 11.4 Å². The van der Waals surface area contributed by atoms with Gasteiger partial charge in [0.25, 0.3) is 5.91 Å². The molecule has 1 aromatic carbocycles. The molecule has 0 radical (unpaired) electrons. The molecule has 45 heavy (non-hydrogen) atoms. The molecule has 0 bridgehead atoms. The topological polar surface area (TPSA) is 142 Å². The number of nitrogens with zero attached hydrogens (tertiary/aromatic N) is 2. The maximum atomic E-state index is 13.3. The minimum absolute atomic E-state index is 0.0287. The number of fused-ring (bicyclic) bond motifs is 1. The molecule has 1 aliphatic rings. The van der Waals surface area contributed by atoms with Crippen LogP contribution in [0.2, 0.25) is 0 Å². The van der Waals surface area contributed by atoms with Gasteiger partial charge < -0.3 is 33.6 Å². The number of carbonyl (C=O) groups is 3. The molecule has 1 saturated carbocycles. The summed E-state index contributed by atoms with van der Waals surface area (Å²) in [6, 6.07) is 6.29. The zero-order chi connectivity index (χ0) is 32.3. The second-order valence-electron chi connectivity index (χ2n) is 10.9. The van der Waals surface area contributed by atoms with Crippen molar-refractivity contribution in [2.75, 3.05) is 13.4 Å². The Bertz CT molecular complexity index is 1550. The first-order valence-corrected chi connectivity index (χ1v) is 15.2. The number of carboxylic acids is 1. The summed E-state index contributed by atoms with van der Waals surface area (Å²) in [6.45, 7) is 8.85. The zero-order valence-electron chi connectivity index (χ0n) is 26.0. The Hall–Kier alpha value is -4.64. The highest BCUT2D eigenvalue weighted by atomic mass is 16.7. The van der Waals surface area contributed by atoms with Gasteiger partial charge in [0.1, 0.15) is 23.9 Å². The molecule has 3 aromatic rings. The number of imidazole rings is 1. The van der Waals surface area contributed by atoms with E-state index in [9.17, 15) is 19.5 Å². The van der Waals surface area contributed by atoms with Gasteiger partial charge in [-0.15, -0.1) is 0 Å². The van der Waals surface area contributed by atoms with Crippen LogP contribution in [0.4, 0.5) is 0 Å². The summed E-state index contributed by atoms with van der Waals surface area (Å²) in [4.78, 5) is 41.9. The first-order chi connectivity index (χ1) is 21.7. The zero-order valence-corrected chi connectivity index (χ0v) is 26.0. The number of allylic oxidation sites excluding steroid dienone is 3. The number of nitrogens with one attached hydrogen (secondary N) is 1. The molecule has 11 nitrogen and oxygen atoms in total. The number of aromatic nitrogens is 2. The molecule has 0 saturated heterocycles. The molecular weight excluding hydrogens is 578 g/mol. The SMILES string of the molecule is C=C(/C=C\C(=C/C)CC(NC(=O)c1ccc2c(c1)nc(-c1ccoc1)n2C1CCCCC1)C(=O)O)OCOC(C)C(=O)OCC. The standard InChI is InChI=1S/C34H41N3O8/c1-5-24(13-12-22(3)44-21-45-23(4)34(41)43-6-2)18-29(33(39)40)36-32(38)25-14-15-30-28(19-25)35-31(26-16-17-42-20-26)37(30)27-10-8-7-9-11-27/h5,12-17,19-20,23,27,29H,3,6-11,18,21H2,1-2,4H3,(H,36,38)(H,39,40)/b13-12-,24-5+. The molecule has 2 heterocycles. The fraction of sp³-hybridized carbons (Fsp3) is 0.412. The summed E-state index contributed by atoms with van der Waals surface area (Å²) in [6.07, 6.45) is 13.1. The van der Waals surface area contributed by atoms with Crippen molar-refractivity contribution in [2.24, 2.45) is 0 Å². The van der Waals surface area contributed by atoms with E-state index in [-0.39, 0.29) is 25.6 Å². The lowest BCUT2D eigenvalue weighted by atomic mass is 9.95. The highest BCUT2D eigenvalue weighted by Crippen LogP contribution is 2.36. The Morgan fingerprint density at radius 3 is 2.62 bits per heavy atom. The van der Waals surface area contributed by atoms with Crippen LogP contribution >= 0.6 is 0 Å². The Morgan fingerprint density at radius 2 is 1.96 bits per heavy atom. The number of ether oxygens (including phenoxy) is 3. The number of rotatable bonds is 15. The monoisotopic (exact) mass is 619 g/mol. The van der Waals surface area contributed by atoms with Gasteiger partial charge in [0, 0.05) is 18.0 Å². The molecule has 0 spiro atoms. The van der Waals surface area contributed by atoms with Gasteiger partial charge in [-0.3, -0.25) is 4.79 Å². The normalized spacial score (nSPS) is 15.6. The van der Waals surface area contributed by atoms with Crippen molar-refractivity contribution in [2.45, 2.75) is 77.5 Å². The van der Waals surface area contributed by atoms with Crippen LogP contribution < -0.4 is 5.32 Å². The number of aliphatic carboxylic acids is 1. The third kappa shape index (κ3) is 8.72. The van der Waals surface area contributed by atoms with E-state index in [0.717, 1.165) is 42.6 Å². The number of amides is 1. The second-order valence-corrected chi connectivity index (χ2v) is 10.9. The quantitative estimate of drug-likeness (QED) is 0.0863. The van der Waals surface area contributed by atoms with E-state index < -0.39 is 30.0 Å². The van der Waals surface area contributed by atoms with Crippen molar-refractivity contribution < 1.29 is 38.1 Å². The number of hydrogen-bond acceptors (Lipinski definition) is 8. The average Bonchev–Trinajstić information content (AvgIpc) is 3.71. The van der Waals surface area contributed by atoms with Crippen LogP contribution in [-0.4, -0.2) is 58.0 Å². The average molecular weight is 620 g/mol. The van der Waals surface area contributed by atoms with Gasteiger partial charge >= 0.3 is 11.9 Å². The molecule has 240 valence electrons. The molecule has 4 rings (SSSR count). The summed E-state index contributed by atoms with van der Waals surface area (Å²) in [7, 11) is 0. The van der Waals surface area contributed by atoms with E-state index in [4.69, 9.17) is 23.6 Å². The lowest BCUT2D eigenvalue weighted by Gasteiger charge is -2.25. The van der Waals surface area contributed by atoms with Crippen LogP contribution in [0.25, 0.3) is 22.4 Å². The van der Waals surface area contributed by atoms with Crippen LogP contribution in [0.5, 0.6) is 0 Å². The van der Waals surface area contributed by atoms with Gasteiger partial charge in [-0.05, 0) is 69.5 Å². The van der Waals surface area contributed by atoms with Gasteiger partial charge in [-0.1, -0.05) is 38.0 Å². The minimum atomic E-state index is -1.19. The predicted octanol–water partition coefficient (Wildman–Crippen LogP) is 6.33. The van der Waals surface area contributed by atoms with Crippen molar-refractivity contribution in [3.63, 3.8) is 0 Å². The predicted molar refractivity (Wildman–Crippen MR) is 168 cm³/mol. The third-order valence-corrected chi connectivity index (χ3v) is 7.75. The molecule has 2 aromatic heterocycles. The third-order valence-electron chi connectivity index (χ3n) is 7.75. The number of hydrogen-bond donors (Lipinski definition) is 2. The number of carboxylic acid groups (broad SMARTS) is 1. The Labute approximate surface area is 262 Å². The molecule has 1 fully saturated rings. The summed E-state index contributed by atoms with van der Waals surface area (Å²) >= 11 is 0. The molecule has 2 unspecified atom stereocenters. The van der Waals surface area contributed by atoms with Crippen molar-refractivity contribution in [1.82, 2.24) is 14.9 Å². The molecule has 2 atom stereocenters. The van der Waals surface area contributed by atoms with Crippen LogP contribution in [0.3, 0.4) is 0 Å². The fourth-order valence-corrected chi connectivity index (χ4v) is 5.29. The van der Waals surface area contributed by atoms with E-state index in [0.29, 0.717) is 22.7 Å². The van der Waals surface area contributed by atoms with Crippen LogP contribution in [0.15, 0.2) is 77.3 Å². The summed E-state index contributed by atoms with van der Waals surface area (Å²) < 4.78 is 23.1. The first-order valence-electron chi connectivity index (χ1n) is 15.2. The van der Waals surface area contributed by atoms with Crippen LogP contribution in [0.1, 0.15) is 75.7 Å². The molecule has 1 aliphatic carbocycles. The number of benzene rings is 1. The summed E-state index contributed by atoms with van der Waals surface area (Å²) in [5.41, 5.74) is 3.41. The lowest BCUT2D eigenvalue weighted by Crippen LogP contribution is -2.41. The van der Waals surface area contributed by atoms with E-state index in [1.807, 2.05) is 12.1 Å². The fourth-order valence-electron chi connectivity index (χ4n) is 5.29. The van der Waals surface area contributed by atoms with Gasteiger partial charge in [0.2, 0.25) is 0 Å². The molecule has 2 N–H and O–H groups in total. The minimum Gasteiger partial charge on any atom is -0.480 e. The maximum absolute atomic E-state index is 13.3. The van der Waals surface area contributed by atoms with Crippen molar-refractivity contribution in [1.29, 1.82) is 0 Å². The highest BCUT2D eigenvalue weighted by Gasteiger charge is 2.25.